The van der Waals surface area contributed by atoms with Crippen LogP contribution in [0.25, 0.3) is 11.1 Å². The van der Waals surface area contributed by atoms with Gasteiger partial charge in [0.05, 0.1) is 19.4 Å². The lowest BCUT2D eigenvalue weighted by atomic mass is 10.0. The Hall–Kier alpha value is -3.27. The van der Waals surface area contributed by atoms with Crippen LogP contribution in [-0.4, -0.2) is 36.5 Å². The molecule has 1 atom stereocenters. The molecule has 3 aromatic rings. The highest BCUT2D eigenvalue weighted by atomic mass is 32.2. The molecule has 2 aromatic heterocycles. The van der Waals surface area contributed by atoms with E-state index in [1.54, 1.807) is 25.4 Å². The Bertz CT molecular complexity index is 1280. The first-order chi connectivity index (χ1) is 15.3. The van der Waals surface area contributed by atoms with Gasteiger partial charge in [-0.15, -0.1) is 0 Å². The Morgan fingerprint density at radius 3 is 2.72 bits per heavy atom. The molecule has 168 valence electrons. The summed E-state index contributed by atoms with van der Waals surface area (Å²) in [6.07, 6.45) is 3.41. The fourth-order valence-electron chi connectivity index (χ4n) is 3.27. The Labute approximate surface area is 185 Å². The van der Waals surface area contributed by atoms with Gasteiger partial charge in [0, 0.05) is 48.7 Å². The first-order valence-corrected chi connectivity index (χ1v) is 12.1. The Morgan fingerprint density at radius 1 is 1.09 bits per heavy atom. The van der Waals surface area contributed by atoms with Crippen molar-refractivity contribution in [3.05, 3.63) is 59.8 Å². The van der Waals surface area contributed by atoms with Crippen molar-refractivity contribution in [2.75, 3.05) is 31.8 Å². The van der Waals surface area contributed by atoms with Gasteiger partial charge in [-0.2, -0.15) is 4.98 Å². The predicted molar refractivity (Wildman–Crippen MR) is 121 cm³/mol. The van der Waals surface area contributed by atoms with Crippen LogP contribution in [0.1, 0.15) is 12.0 Å². The number of rotatable bonds is 2. The molecule has 4 bridgehead atoms. The number of ether oxygens (including phenoxy) is 2. The van der Waals surface area contributed by atoms with Crippen molar-refractivity contribution >= 4 is 21.3 Å². The fraction of sp³-hybridized carbons (Fsp3) is 0.273. The fourth-order valence-corrected chi connectivity index (χ4v) is 4.21. The van der Waals surface area contributed by atoms with Gasteiger partial charge in [0.15, 0.2) is 0 Å². The molecule has 7 nitrogen and oxygen atoms in total. The van der Waals surface area contributed by atoms with Crippen molar-refractivity contribution < 1.29 is 18.3 Å². The molecule has 1 aliphatic heterocycles. The zero-order valence-corrected chi connectivity index (χ0v) is 18.5. The summed E-state index contributed by atoms with van der Waals surface area (Å²) in [5, 5.41) is 3.08. The van der Waals surface area contributed by atoms with Crippen molar-refractivity contribution in [1.29, 1.82) is 4.78 Å². The molecule has 0 saturated heterocycles. The lowest BCUT2D eigenvalue weighted by Crippen LogP contribution is -2.09. The van der Waals surface area contributed by atoms with Crippen LogP contribution in [0.4, 0.5) is 20.4 Å². The lowest BCUT2D eigenvalue weighted by molar-refractivity contribution is 0.242. The van der Waals surface area contributed by atoms with Gasteiger partial charge in [0.1, 0.15) is 29.0 Å². The third-order valence-corrected chi connectivity index (χ3v) is 6.56. The highest BCUT2D eigenvalue weighted by Crippen LogP contribution is 2.34. The van der Waals surface area contributed by atoms with Crippen LogP contribution in [0, 0.1) is 16.4 Å². The van der Waals surface area contributed by atoms with Crippen LogP contribution in [-0.2, 0) is 15.4 Å². The number of nitrogens with zero attached hydrogens (tertiary/aromatic N) is 3. The average molecular weight is 460 g/mol. The molecule has 0 fully saturated rings. The summed E-state index contributed by atoms with van der Waals surface area (Å²) in [6, 6.07) is 9.11. The zero-order chi connectivity index (χ0) is 22.7. The SMILES string of the molecule is CN=S(C)(=N)Cc1cc2nc(c1)OCCCOc1cc(F)ccc1-c1cc(ncc1F)N2. The predicted octanol–water partition coefficient (Wildman–Crippen LogP) is 5.19. The third-order valence-electron chi connectivity index (χ3n) is 4.85. The maximum absolute atomic E-state index is 14.7. The Kier molecular flexibility index (Phi) is 6.22. The number of halogens is 2. The number of benzene rings is 1. The van der Waals surface area contributed by atoms with Crippen molar-refractivity contribution in [2.45, 2.75) is 12.2 Å². The van der Waals surface area contributed by atoms with E-state index < -0.39 is 21.3 Å². The van der Waals surface area contributed by atoms with E-state index >= 15 is 0 Å². The molecule has 4 rings (SSSR count). The quantitative estimate of drug-likeness (QED) is 0.550. The molecular formula is C22H23F2N5O2S. The minimum absolute atomic E-state index is 0.232. The van der Waals surface area contributed by atoms with Crippen molar-refractivity contribution in [2.24, 2.45) is 4.36 Å². The normalized spacial score (nSPS) is 15.1. The second kappa shape index (κ2) is 9.07. The molecule has 3 heterocycles. The average Bonchev–Trinajstić information content (AvgIpc) is 2.74. The molecule has 1 unspecified atom stereocenters. The van der Waals surface area contributed by atoms with Crippen LogP contribution in [0.15, 0.2) is 47.0 Å². The zero-order valence-electron chi connectivity index (χ0n) is 17.7. The maximum atomic E-state index is 14.7. The number of hydrogen-bond acceptors (Lipinski definition) is 7. The van der Waals surface area contributed by atoms with Gasteiger partial charge in [0.25, 0.3) is 0 Å². The second-order valence-electron chi connectivity index (χ2n) is 7.43. The lowest BCUT2D eigenvalue weighted by Gasteiger charge is -2.16. The van der Waals surface area contributed by atoms with E-state index in [-0.39, 0.29) is 17.9 Å². The van der Waals surface area contributed by atoms with Crippen LogP contribution >= 0.6 is 0 Å². The van der Waals surface area contributed by atoms with Gasteiger partial charge < -0.3 is 14.8 Å². The van der Waals surface area contributed by atoms with Gasteiger partial charge in [-0.3, -0.25) is 9.14 Å². The van der Waals surface area contributed by atoms with Crippen molar-refractivity contribution in [3.63, 3.8) is 0 Å². The van der Waals surface area contributed by atoms with Gasteiger partial charge in [-0.25, -0.2) is 13.8 Å². The standard InChI is InChI=1S/C22H23F2N5O2S/c1-26-32(2,25)13-14-8-21-28-20-11-17(18(24)12-27-20)16-5-4-15(23)10-19(16)30-6-3-7-31-22(9-14)29-21/h4-5,8-12,25H,3,6-7,13H2,1-2H3,(H,27,28,29). The first kappa shape index (κ1) is 21.9. The van der Waals surface area contributed by atoms with E-state index in [9.17, 15) is 8.78 Å². The molecule has 2 N–H and O–H groups in total. The number of aromatic nitrogens is 2. The molecule has 32 heavy (non-hydrogen) atoms. The number of pyridine rings is 2. The molecule has 0 aliphatic carbocycles. The van der Waals surface area contributed by atoms with Gasteiger partial charge in [0.2, 0.25) is 5.88 Å². The van der Waals surface area contributed by atoms with E-state index in [0.29, 0.717) is 41.9 Å². The van der Waals surface area contributed by atoms with E-state index in [2.05, 4.69) is 19.6 Å². The summed E-state index contributed by atoms with van der Waals surface area (Å²) in [6.45, 7) is 0.575. The summed E-state index contributed by atoms with van der Waals surface area (Å²) in [7, 11) is -0.255. The maximum Gasteiger partial charge on any atom is 0.215 e. The first-order valence-electron chi connectivity index (χ1n) is 9.94. The topological polar surface area (TPSA) is 92.5 Å². The summed E-state index contributed by atoms with van der Waals surface area (Å²) in [5.41, 5.74) is 1.50. The van der Waals surface area contributed by atoms with Crippen molar-refractivity contribution in [3.8, 4) is 22.8 Å². The molecule has 1 aliphatic rings. The summed E-state index contributed by atoms with van der Waals surface area (Å²) in [4.78, 5) is 8.58. The van der Waals surface area contributed by atoms with Gasteiger partial charge >= 0.3 is 0 Å². The van der Waals surface area contributed by atoms with Crippen LogP contribution in [0.5, 0.6) is 11.6 Å². The number of nitrogens with one attached hydrogen (secondary N) is 2. The Balaban J connectivity index is 1.79. The van der Waals surface area contributed by atoms with E-state index in [4.69, 9.17) is 14.3 Å². The number of hydrogen-bond donors (Lipinski definition) is 2. The van der Waals surface area contributed by atoms with Crippen molar-refractivity contribution in [1.82, 2.24) is 9.97 Å². The van der Waals surface area contributed by atoms with Crippen LogP contribution in [0.2, 0.25) is 0 Å². The highest BCUT2D eigenvalue weighted by molar-refractivity contribution is 7.93. The second-order valence-corrected chi connectivity index (χ2v) is 10.2. The third kappa shape index (κ3) is 5.13. The minimum atomic E-state index is -1.90. The molecule has 10 heteroatoms. The molecule has 0 radical (unpaired) electrons. The van der Waals surface area contributed by atoms with E-state index in [1.165, 1.54) is 24.3 Å². The van der Waals surface area contributed by atoms with Gasteiger partial charge in [-0.05, 0) is 29.8 Å². The summed E-state index contributed by atoms with van der Waals surface area (Å²) in [5.74, 6) is 0.874. The monoisotopic (exact) mass is 459 g/mol. The highest BCUT2D eigenvalue weighted by Gasteiger charge is 2.16. The summed E-state index contributed by atoms with van der Waals surface area (Å²) >= 11 is 0. The molecule has 0 saturated carbocycles. The van der Waals surface area contributed by atoms with Crippen LogP contribution < -0.4 is 14.8 Å². The molecule has 0 amide bonds. The van der Waals surface area contributed by atoms with E-state index in [1.807, 2.05) is 0 Å². The van der Waals surface area contributed by atoms with E-state index in [0.717, 1.165) is 11.8 Å². The Morgan fingerprint density at radius 2 is 1.91 bits per heavy atom. The summed E-state index contributed by atoms with van der Waals surface area (Å²) < 4.78 is 52.5. The molecular weight excluding hydrogens is 436 g/mol. The largest absolute Gasteiger partial charge is 0.493 e. The van der Waals surface area contributed by atoms with Gasteiger partial charge in [-0.1, -0.05) is 9.62 Å². The minimum Gasteiger partial charge on any atom is -0.493 e. The smallest absolute Gasteiger partial charge is 0.215 e. The van der Waals surface area contributed by atoms with Crippen LogP contribution in [0.3, 0.4) is 0 Å². The molecule has 1 aromatic carbocycles. The number of fused-ring (bicyclic) bond motifs is 6. The number of anilines is 2. The molecule has 0 spiro atoms.